The summed E-state index contributed by atoms with van der Waals surface area (Å²) in [6.45, 7) is 2.50. The van der Waals surface area contributed by atoms with Gasteiger partial charge in [-0.25, -0.2) is 9.97 Å². The largest absolute Gasteiger partial charge is 0.504 e. The third-order valence-corrected chi connectivity index (χ3v) is 6.86. The molecule has 11 heteroatoms. The molecular weight excluding hydrogens is 500 g/mol. The van der Waals surface area contributed by atoms with Crippen LogP contribution in [0.5, 0.6) is 23.0 Å². The first-order valence-corrected chi connectivity index (χ1v) is 12.5. The molecule has 0 spiro atoms. The van der Waals surface area contributed by atoms with Crippen LogP contribution in [-0.4, -0.2) is 55.5 Å². The van der Waals surface area contributed by atoms with E-state index in [1.807, 2.05) is 30.5 Å². The molecule has 0 atom stereocenters. The summed E-state index contributed by atoms with van der Waals surface area (Å²) in [6, 6.07) is 12.6. The quantitative estimate of drug-likeness (QED) is 0.254. The van der Waals surface area contributed by atoms with Crippen LogP contribution >= 0.6 is 0 Å². The van der Waals surface area contributed by atoms with Crippen LogP contribution in [0.1, 0.15) is 22.3 Å². The number of furan rings is 1. The van der Waals surface area contributed by atoms with E-state index < -0.39 is 0 Å². The van der Waals surface area contributed by atoms with Crippen molar-refractivity contribution in [3.63, 3.8) is 0 Å². The van der Waals surface area contributed by atoms with Gasteiger partial charge in [0.15, 0.2) is 34.4 Å². The monoisotopic (exact) mass is 528 g/mol. The minimum absolute atomic E-state index is 0.0850. The van der Waals surface area contributed by atoms with Gasteiger partial charge in [0.1, 0.15) is 0 Å². The van der Waals surface area contributed by atoms with Crippen molar-refractivity contribution in [1.82, 2.24) is 24.5 Å². The number of aromatic hydroxyl groups is 2. The van der Waals surface area contributed by atoms with Crippen LogP contribution in [0.2, 0.25) is 0 Å². The number of ether oxygens (including phenoxy) is 2. The van der Waals surface area contributed by atoms with Gasteiger partial charge in [-0.15, -0.1) is 5.10 Å². The zero-order valence-corrected chi connectivity index (χ0v) is 21.6. The minimum atomic E-state index is -0.106. The van der Waals surface area contributed by atoms with Gasteiger partial charge in [-0.2, -0.15) is 4.52 Å². The summed E-state index contributed by atoms with van der Waals surface area (Å²) in [5.74, 6) is 2.70. The molecule has 3 N–H and O–H groups in total. The fourth-order valence-corrected chi connectivity index (χ4v) is 4.85. The number of aromatic nitrogens is 4. The molecule has 1 aliphatic rings. The Bertz CT molecular complexity index is 1630. The van der Waals surface area contributed by atoms with Crippen LogP contribution in [-0.2, 0) is 26.1 Å². The van der Waals surface area contributed by atoms with E-state index in [0.29, 0.717) is 54.3 Å². The second-order valence-electron chi connectivity index (χ2n) is 9.37. The highest BCUT2D eigenvalue weighted by Gasteiger charge is 2.22. The highest BCUT2D eigenvalue weighted by molar-refractivity contribution is 5.58. The Morgan fingerprint density at radius 3 is 2.62 bits per heavy atom. The highest BCUT2D eigenvalue weighted by atomic mass is 16.5. The summed E-state index contributed by atoms with van der Waals surface area (Å²) in [4.78, 5) is 11.7. The molecule has 0 aliphatic carbocycles. The molecule has 1 aliphatic heterocycles. The number of phenolic OH excluding ortho intramolecular Hbond substituents is 2. The second-order valence-corrected chi connectivity index (χ2v) is 9.37. The number of nitrogens with one attached hydrogen (secondary N) is 1. The van der Waals surface area contributed by atoms with Crippen molar-refractivity contribution in [3.05, 3.63) is 77.2 Å². The number of hydrogen-bond donors (Lipinski definition) is 3. The number of rotatable bonds is 8. The Labute approximate surface area is 224 Å². The molecule has 6 rings (SSSR count). The van der Waals surface area contributed by atoms with Gasteiger partial charge in [0, 0.05) is 37.9 Å². The van der Waals surface area contributed by atoms with Gasteiger partial charge in [0.2, 0.25) is 11.8 Å². The van der Waals surface area contributed by atoms with E-state index in [0.717, 1.165) is 35.2 Å². The molecule has 0 saturated carbocycles. The predicted octanol–water partition coefficient (Wildman–Crippen LogP) is 3.98. The van der Waals surface area contributed by atoms with Crippen LogP contribution in [0.15, 0.2) is 59.3 Å². The summed E-state index contributed by atoms with van der Waals surface area (Å²) in [7, 11) is 3.22. The zero-order chi connectivity index (χ0) is 26.9. The van der Waals surface area contributed by atoms with Crippen LogP contribution in [0.4, 0.5) is 5.95 Å². The Morgan fingerprint density at radius 2 is 1.85 bits per heavy atom. The van der Waals surface area contributed by atoms with Crippen LogP contribution < -0.4 is 14.8 Å². The smallest absolute Gasteiger partial charge is 0.226 e. The summed E-state index contributed by atoms with van der Waals surface area (Å²) in [5, 5.41) is 27.9. The maximum atomic E-state index is 9.98. The van der Waals surface area contributed by atoms with E-state index >= 15 is 0 Å². The molecule has 11 nitrogen and oxygen atoms in total. The van der Waals surface area contributed by atoms with Crippen LogP contribution in [0.3, 0.4) is 0 Å². The van der Waals surface area contributed by atoms with Crippen LogP contribution in [0, 0.1) is 0 Å². The van der Waals surface area contributed by atoms with Crippen molar-refractivity contribution < 1.29 is 24.1 Å². The van der Waals surface area contributed by atoms with Gasteiger partial charge >= 0.3 is 0 Å². The SMILES string of the molecule is COc1ccc(CNc2ncc(CN3CCc4cc(O)c(O)cc4C3)c3nc(-c4ccco4)nn23)cc1OC. The third-order valence-electron chi connectivity index (χ3n) is 6.86. The van der Waals surface area contributed by atoms with Crippen molar-refractivity contribution in [3.8, 4) is 34.6 Å². The zero-order valence-electron chi connectivity index (χ0n) is 21.6. The second kappa shape index (κ2) is 10.2. The van der Waals surface area contributed by atoms with Crippen molar-refractivity contribution in [2.24, 2.45) is 0 Å². The molecular formula is C28H28N6O5. The van der Waals surface area contributed by atoms with Gasteiger partial charge in [-0.1, -0.05) is 6.07 Å². The van der Waals surface area contributed by atoms with Crippen molar-refractivity contribution in [1.29, 1.82) is 0 Å². The summed E-state index contributed by atoms with van der Waals surface area (Å²) in [5.41, 5.74) is 4.60. The Kier molecular flexibility index (Phi) is 6.41. The normalized spacial score (nSPS) is 13.4. The van der Waals surface area contributed by atoms with E-state index in [2.05, 4.69) is 10.2 Å². The number of nitrogens with zero attached hydrogens (tertiary/aromatic N) is 5. The molecule has 0 unspecified atom stereocenters. The average molecular weight is 529 g/mol. The van der Waals surface area contributed by atoms with Gasteiger partial charge in [0.25, 0.3) is 0 Å². The molecule has 4 heterocycles. The van der Waals surface area contributed by atoms with Crippen molar-refractivity contribution in [2.45, 2.75) is 26.1 Å². The molecule has 2 aromatic carbocycles. The number of phenols is 2. The molecule has 3 aromatic heterocycles. The summed E-state index contributed by atoms with van der Waals surface area (Å²) in [6.07, 6.45) is 4.17. The topological polar surface area (TPSA) is 130 Å². The van der Waals surface area contributed by atoms with E-state index in [1.165, 1.54) is 0 Å². The summed E-state index contributed by atoms with van der Waals surface area (Å²) >= 11 is 0. The minimum Gasteiger partial charge on any atom is -0.504 e. The fourth-order valence-electron chi connectivity index (χ4n) is 4.85. The third kappa shape index (κ3) is 4.79. The molecule has 0 fully saturated rings. The van der Waals surface area contributed by atoms with Crippen molar-refractivity contribution in [2.75, 3.05) is 26.1 Å². The lowest BCUT2D eigenvalue weighted by atomic mass is 9.98. The number of benzene rings is 2. The molecule has 39 heavy (non-hydrogen) atoms. The number of fused-ring (bicyclic) bond motifs is 2. The number of anilines is 1. The van der Waals surface area contributed by atoms with E-state index in [9.17, 15) is 10.2 Å². The maximum absolute atomic E-state index is 9.98. The Morgan fingerprint density at radius 1 is 1.03 bits per heavy atom. The van der Waals surface area contributed by atoms with Gasteiger partial charge in [-0.3, -0.25) is 4.90 Å². The Hall–Kier alpha value is -4.77. The summed E-state index contributed by atoms with van der Waals surface area (Å²) < 4.78 is 18.0. The first kappa shape index (κ1) is 24.6. The first-order chi connectivity index (χ1) is 19.0. The first-order valence-electron chi connectivity index (χ1n) is 12.5. The number of hydrogen-bond acceptors (Lipinski definition) is 10. The maximum Gasteiger partial charge on any atom is 0.226 e. The van der Waals surface area contributed by atoms with E-state index in [-0.39, 0.29) is 11.5 Å². The molecule has 0 amide bonds. The standard InChI is InChI=1S/C28H28N6O5/c1-37-23-6-5-17(10-25(23)38-2)13-29-28-30-14-20(27-31-26(32-34(27)28)24-4-3-9-39-24)16-33-8-7-18-11-21(35)22(36)12-19(18)15-33/h3-6,9-12,14,35-36H,7-8,13,15-16H2,1-2H3,(H,29,30). The average Bonchev–Trinajstić information content (AvgIpc) is 3.64. The lowest BCUT2D eigenvalue weighted by molar-refractivity contribution is 0.244. The van der Waals surface area contributed by atoms with Crippen molar-refractivity contribution >= 4 is 11.6 Å². The van der Waals surface area contributed by atoms with E-state index in [4.69, 9.17) is 29.0 Å². The number of methoxy groups -OCH3 is 2. The lowest BCUT2D eigenvalue weighted by Crippen LogP contribution is -2.30. The molecule has 0 bridgehead atoms. The lowest BCUT2D eigenvalue weighted by Gasteiger charge is -2.29. The Balaban J connectivity index is 1.29. The highest BCUT2D eigenvalue weighted by Crippen LogP contribution is 2.32. The molecule has 0 saturated heterocycles. The predicted molar refractivity (Wildman–Crippen MR) is 143 cm³/mol. The van der Waals surface area contributed by atoms with Gasteiger partial charge in [0.05, 0.1) is 20.5 Å². The fraction of sp³-hybridized carbons (Fsp3) is 0.250. The van der Waals surface area contributed by atoms with Crippen LogP contribution in [0.25, 0.3) is 17.2 Å². The van der Waals surface area contributed by atoms with E-state index in [1.54, 1.807) is 43.2 Å². The molecule has 0 radical (unpaired) electrons. The molecule has 200 valence electrons. The molecule has 5 aromatic rings. The van der Waals surface area contributed by atoms with Gasteiger partial charge in [-0.05, 0) is 59.5 Å². The van der Waals surface area contributed by atoms with Gasteiger partial charge < -0.3 is 29.4 Å².